The van der Waals surface area contributed by atoms with E-state index in [4.69, 9.17) is 16.3 Å². The second-order valence-corrected chi connectivity index (χ2v) is 8.09. The van der Waals surface area contributed by atoms with Crippen molar-refractivity contribution < 1.29 is 19.4 Å². The van der Waals surface area contributed by atoms with Gasteiger partial charge in [0.15, 0.2) is 0 Å². The fraction of sp³-hybridized carbons (Fsp3) is 0.185. The Bertz CT molecular complexity index is 1220. The van der Waals surface area contributed by atoms with Gasteiger partial charge in [0.25, 0.3) is 11.7 Å². The Morgan fingerprint density at radius 3 is 2.33 bits per heavy atom. The van der Waals surface area contributed by atoms with Crippen LogP contribution in [0.2, 0.25) is 5.02 Å². The topological polar surface area (TPSA) is 66.8 Å². The van der Waals surface area contributed by atoms with Gasteiger partial charge in [-0.05, 0) is 54.8 Å². The molecule has 168 valence electrons. The number of carbonyl (C=O) groups is 2. The first-order chi connectivity index (χ1) is 16.0. The molecular formula is C27H24ClNO4. The number of ether oxygens (including phenoxy) is 1. The van der Waals surface area contributed by atoms with E-state index in [9.17, 15) is 14.7 Å². The number of amides is 1. The lowest BCUT2D eigenvalue weighted by atomic mass is 9.94. The van der Waals surface area contributed by atoms with Crippen LogP contribution in [0.5, 0.6) is 5.75 Å². The Morgan fingerprint density at radius 1 is 1.00 bits per heavy atom. The molecule has 3 aromatic rings. The molecule has 0 aliphatic carbocycles. The van der Waals surface area contributed by atoms with Crippen LogP contribution in [-0.2, 0) is 16.0 Å². The first-order valence-electron chi connectivity index (χ1n) is 10.8. The highest BCUT2D eigenvalue weighted by atomic mass is 35.5. The summed E-state index contributed by atoms with van der Waals surface area (Å²) in [4.78, 5) is 27.8. The Labute approximate surface area is 197 Å². The second kappa shape index (κ2) is 9.51. The number of para-hydroxylation sites is 1. The molecule has 0 bridgehead atoms. The van der Waals surface area contributed by atoms with Crippen LogP contribution in [0.1, 0.15) is 36.6 Å². The highest BCUT2D eigenvalue weighted by Crippen LogP contribution is 2.42. The minimum absolute atomic E-state index is 0.0258. The van der Waals surface area contributed by atoms with Gasteiger partial charge in [-0.2, -0.15) is 0 Å². The van der Waals surface area contributed by atoms with Crippen LogP contribution in [0.3, 0.4) is 0 Å². The van der Waals surface area contributed by atoms with Crippen LogP contribution in [0.25, 0.3) is 5.76 Å². The lowest BCUT2D eigenvalue weighted by Crippen LogP contribution is -2.29. The van der Waals surface area contributed by atoms with E-state index in [1.54, 1.807) is 42.5 Å². The van der Waals surface area contributed by atoms with E-state index in [1.807, 2.05) is 37.3 Å². The summed E-state index contributed by atoms with van der Waals surface area (Å²) in [5, 5.41) is 11.7. The number of ketones is 1. The van der Waals surface area contributed by atoms with Gasteiger partial charge in [-0.15, -0.1) is 0 Å². The quantitative estimate of drug-likeness (QED) is 0.281. The van der Waals surface area contributed by atoms with Crippen LogP contribution >= 0.6 is 11.6 Å². The molecule has 1 amide bonds. The van der Waals surface area contributed by atoms with Gasteiger partial charge in [0, 0.05) is 11.3 Å². The van der Waals surface area contributed by atoms with E-state index in [1.165, 1.54) is 4.90 Å². The van der Waals surface area contributed by atoms with E-state index < -0.39 is 17.7 Å². The third kappa shape index (κ3) is 4.24. The Balaban J connectivity index is 1.91. The van der Waals surface area contributed by atoms with Gasteiger partial charge in [-0.25, -0.2) is 0 Å². The molecule has 1 N–H and O–H groups in total. The molecular weight excluding hydrogens is 438 g/mol. The highest BCUT2D eigenvalue weighted by molar-refractivity contribution is 6.51. The maximum absolute atomic E-state index is 13.2. The van der Waals surface area contributed by atoms with Crippen molar-refractivity contribution in [3.05, 3.63) is 100 Å². The fourth-order valence-electron chi connectivity index (χ4n) is 4.01. The van der Waals surface area contributed by atoms with Crippen molar-refractivity contribution in [2.75, 3.05) is 11.5 Å². The summed E-state index contributed by atoms with van der Waals surface area (Å²) < 4.78 is 5.54. The Morgan fingerprint density at radius 2 is 1.70 bits per heavy atom. The molecule has 1 unspecified atom stereocenters. The van der Waals surface area contributed by atoms with E-state index in [0.29, 0.717) is 28.6 Å². The maximum Gasteiger partial charge on any atom is 0.300 e. The number of carbonyl (C=O) groups excluding carboxylic acids is 2. The molecule has 1 aliphatic heterocycles. The molecule has 0 aromatic heterocycles. The number of halogens is 1. The number of hydrogen-bond acceptors (Lipinski definition) is 4. The standard InChI is InChI=1S/C27H24ClNO4/c1-3-17-10-12-18(13-11-17)24-23(25(30)19-14-15-21(28)22(16-19)33-4-2)26(31)27(32)29(24)20-8-6-5-7-9-20/h5-16,24,30H,3-4H2,1-2H3/b25-23-. The zero-order chi connectivity index (χ0) is 23.5. The van der Waals surface area contributed by atoms with Crippen molar-refractivity contribution in [1.82, 2.24) is 0 Å². The SMILES string of the molecule is CCOc1cc(/C(O)=C2/C(=O)C(=O)N(c3ccccc3)C2c2ccc(CC)cc2)ccc1Cl. The smallest absolute Gasteiger partial charge is 0.300 e. The molecule has 0 spiro atoms. The number of aliphatic hydroxyl groups excluding tert-OH is 1. The van der Waals surface area contributed by atoms with Gasteiger partial charge in [0.2, 0.25) is 0 Å². The molecule has 3 aromatic carbocycles. The van der Waals surface area contributed by atoms with E-state index in [2.05, 4.69) is 6.92 Å². The molecule has 1 aliphatic rings. The van der Waals surface area contributed by atoms with Crippen molar-refractivity contribution in [3.8, 4) is 5.75 Å². The molecule has 1 fully saturated rings. The summed E-state index contributed by atoms with van der Waals surface area (Å²) in [6, 6.07) is 20.7. The van der Waals surface area contributed by atoms with Crippen molar-refractivity contribution in [1.29, 1.82) is 0 Å². The second-order valence-electron chi connectivity index (χ2n) is 7.68. The first-order valence-corrected chi connectivity index (χ1v) is 11.2. The van der Waals surface area contributed by atoms with Crippen molar-refractivity contribution >= 4 is 34.7 Å². The van der Waals surface area contributed by atoms with Crippen molar-refractivity contribution in [2.45, 2.75) is 26.3 Å². The molecule has 4 rings (SSSR count). The maximum atomic E-state index is 13.2. The van der Waals surface area contributed by atoms with Gasteiger partial charge in [0.1, 0.15) is 11.5 Å². The molecule has 1 saturated heterocycles. The summed E-state index contributed by atoms with van der Waals surface area (Å²) in [5.41, 5.74) is 2.82. The largest absolute Gasteiger partial charge is 0.507 e. The van der Waals surface area contributed by atoms with E-state index >= 15 is 0 Å². The lowest BCUT2D eigenvalue weighted by molar-refractivity contribution is -0.132. The van der Waals surface area contributed by atoms with Crippen LogP contribution < -0.4 is 9.64 Å². The third-order valence-electron chi connectivity index (χ3n) is 5.69. The monoisotopic (exact) mass is 461 g/mol. The first kappa shape index (κ1) is 22.6. The van der Waals surface area contributed by atoms with Gasteiger partial charge < -0.3 is 9.84 Å². The van der Waals surface area contributed by atoms with Gasteiger partial charge in [0.05, 0.1) is 23.2 Å². The number of rotatable bonds is 6. The van der Waals surface area contributed by atoms with Gasteiger partial charge in [-0.3, -0.25) is 14.5 Å². The summed E-state index contributed by atoms with van der Waals surface area (Å²) in [7, 11) is 0. The predicted molar refractivity (Wildman–Crippen MR) is 130 cm³/mol. The number of hydrogen-bond donors (Lipinski definition) is 1. The fourth-order valence-corrected chi connectivity index (χ4v) is 4.18. The lowest BCUT2D eigenvalue weighted by Gasteiger charge is -2.25. The van der Waals surface area contributed by atoms with Crippen molar-refractivity contribution in [2.24, 2.45) is 0 Å². The minimum Gasteiger partial charge on any atom is -0.507 e. The number of Topliss-reactive ketones (excluding diaryl/α,β-unsaturated/α-hetero) is 1. The van der Waals surface area contributed by atoms with Crippen LogP contribution in [0, 0.1) is 0 Å². The predicted octanol–water partition coefficient (Wildman–Crippen LogP) is 5.93. The molecule has 5 nitrogen and oxygen atoms in total. The van der Waals surface area contributed by atoms with Crippen molar-refractivity contribution in [3.63, 3.8) is 0 Å². The molecule has 6 heteroatoms. The zero-order valence-corrected chi connectivity index (χ0v) is 19.2. The molecule has 1 heterocycles. The molecule has 33 heavy (non-hydrogen) atoms. The van der Waals surface area contributed by atoms with Gasteiger partial charge in [-0.1, -0.05) is 61.0 Å². The van der Waals surface area contributed by atoms with Crippen LogP contribution in [0.15, 0.2) is 78.4 Å². The number of anilines is 1. The summed E-state index contributed by atoms with van der Waals surface area (Å²) >= 11 is 6.20. The molecule has 1 atom stereocenters. The number of aryl methyl sites for hydroxylation is 1. The summed E-state index contributed by atoms with van der Waals surface area (Å²) in [5.74, 6) is -1.31. The molecule has 0 radical (unpaired) electrons. The number of nitrogens with zero attached hydrogens (tertiary/aromatic N) is 1. The van der Waals surface area contributed by atoms with Crippen LogP contribution in [-0.4, -0.2) is 23.4 Å². The van der Waals surface area contributed by atoms with Gasteiger partial charge >= 0.3 is 0 Å². The van der Waals surface area contributed by atoms with Crippen LogP contribution in [0.4, 0.5) is 5.69 Å². The Kier molecular flexibility index (Phi) is 6.52. The summed E-state index contributed by atoms with van der Waals surface area (Å²) in [6.45, 7) is 4.28. The molecule has 0 saturated carbocycles. The Hall–Kier alpha value is -3.57. The highest BCUT2D eigenvalue weighted by Gasteiger charge is 2.46. The third-order valence-corrected chi connectivity index (χ3v) is 6.00. The average Bonchev–Trinajstić information content (AvgIpc) is 3.11. The average molecular weight is 462 g/mol. The summed E-state index contributed by atoms with van der Waals surface area (Å²) in [6.07, 6.45) is 0.865. The zero-order valence-electron chi connectivity index (χ0n) is 18.4. The van der Waals surface area contributed by atoms with E-state index in [0.717, 1.165) is 17.5 Å². The minimum atomic E-state index is -0.774. The number of aliphatic hydroxyl groups is 1. The normalized spacial score (nSPS) is 17.4. The number of benzene rings is 3. The van der Waals surface area contributed by atoms with E-state index in [-0.39, 0.29) is 11.3 Å².